The van der Waals surface area contributed by atoms with Crippen molar-refractivity contribution in [3.8, 4) is 12.3 Å². The third kappa shape index (κ3) is 4.92. The van der Waals surface area contributed by atoms with E-state index in [1.165, 1.54) is 6.26 Å². The zero-order valence-corrected chi connectivity index (χ0v) is 10.8. The summed E-state index contributed by atoms with van der Waals surface area (Å²) in [6, 6.07) is 6.77. The molecule has 1 rings (SSSR count). The second-order valence-electron chi connectivity index (χ2n) is 3.88. The lowest BCUT2D eigenvalue weighted by Gasteiger charge is -2.06. The fourth-order valence-corrected chi connectivity index (χ4v) is 2.04. The highest BCUT2D eigenvalue weighted by Gasteiger charge is 2.05. The first-order valence-corrected chi connectivity index (χ1v) is 7.40. The Bertz CT molecular complexity index is 483. The Labute approximate surface area is 103 Å². The van der Waals surface area contributed by atoms with Gasteiger partial charge in [0.25, 0.3) is 0 Å². The summed E-state index contributed by atoms with van der Waals surface area (Å²) in [5.41, 5.74) is 0.929. The number of benzene rings is 1. The lowest BCUT2D eigenvalue weighted by atomic mass is 10.2. The van der Waals surface area contributed by atoms with Crippen LogP contribution < -0.4 is 5.32 Å². The molecule has 0 aromatic heterocycles. The van der Waals surface area contributed by atoms with E-state index in [-0.39, 0.29) is 0 Å². The van der Waals surface area contributed by atoms with Crippen molar-refractivity contribution in [1.29, 1.82) is 0 Å². The van der Waals surface area contributed by atoms with Crippen molar-refractivity contribution in [1.82, 2.24) is 0 Å². The summed E-state index contributed by atoms with van der Waals surface area (Å²) in [6.45, 7) is 0.847. The molecule has 0 heterocycles. The zero-order valence-electron chi connectivity index (χ0n) is 9.94. The van der Waals surface area contributed by atoms with Crippen molar-refractivity contribution in [2.75, 3.05) is 18.1 Å². The number of hydrogen-bond acceptors (Lipinski definition) is 3. The first-order valence-electron chi connectivity index (χ1n) is 5.51. The molecule has 1 aromatic rings. The van der Waals surface area contributed by atoms with Gasteiger partial charge in [0.2, 0.25) is 0 Å². The van der Waals surface area contributed by atoms with Gasteiger partial charge in [0.15, 0.2) is 9.84 Å². The average Bonchev–Trinajstić information content (AvgIpc) is 2.28. The van der Waals surface area contributed by atoms with Crippen LogP contribution in [0.15, 0.2) is 29.2 Å². The van der Waals surface area contributed by atoms with Gasteiger partial charge < -0.3 is 5.32 Å². The lowest BCUT2D eigenvalue weighted by Crippen LogP contribution is -2.02. The van der Waals surface area contributed by atoms with Crippen LogP contribution in [-0.2, 0) is 9.84 Å². The molecule has 0 unspecified atom stereocenters. The monoisotopic (exact) mass is 251 g/mol. The van der Waals surface area contributed by atoms with Gasteiger partial charge in [0.1, 0.15) is 0 Å². The standard InChI is InChI=1S/C13H17NO2S/c1-3-4-5-6-11-14-12-7-9-13(10-8-12)17(2,15)16/h1,7-10,14H,4-6,11H2,2H3. The molecule has 0 saturated heterocycles. The molecule has 0 aliphatic heterocycles. The van der Waals surface area contributed by atoms with E-state index in [1.54, 1.807) is 24.3 Å². The van der Waals surface area contributed by atoms with Crippen LogP contribution in [0, 0.1) is 12.3 Å². The molecule has 0 spiro atoms. The highest BCUT2D eigenvalue weighted by atomic mass is 32.2. The fourth-order valence-electron chi connectivity index (χ4n) is 1.40. The predicted octanol–water partition coefficient (Wildman–Crippen LogP) is 2.31. The summed E-state index contributed by atoms with van der Waals surface area (Å²) in [4.78, 5) is 0.343. The lowest BCUT2D eigenvalue weighted by molar-refractivity contribution is 0.602. The number of terminal acetylenes is 1. The maximum Gasteiger partial charge on any atom is 0.175 e. The zero-order chi connectivity index (χ0) is 12.7. The number of sulfone groups is 1. The number of nitrogens with one attached hydrogen (secondary N) is 1. The Hall–Kier alpha value is -1.47. The molecule has 0 bridgehead atoms. The molecule has 0 aliphatic rings. The van der Waals surface area contributed by atoms with Gasteiger partial charge in [-0.3, -0.25) is 0 Å². The Morgan fingerprint density at radius 3 is 2.41 bits per heavy atom. The molecule has 0 radical (unpaired) electrons. The number of unbranched alkanes of at least 4 members (excludes halogenated alkanes) is 2. The van der Waals surface area contributed by atoms with Gasteiger partial charge in [-0.2, -0.15) is 0 Å². The van der Waals surface area contributed by atoms with E-state index >= 15 is 0 Å². The molecule has 0 amide bonds. The van der Waals surface area contributed by atoms with E-state index < -0.39 is 9.84 Å². The van der Waals surface area contributed by atoms with E-state index in [0.29, 0.717) is 4.90 Å². The summed E-state index contributed by atoms with van der Waals surface area (Å²) in [5.74, 6) is 2.60. The van der Waals surface area contributed by atoms with Crippen LogP contribution in [-0.4, -0.2) is 21.2 Å². The van der Waals surface area contributed by atoms with Gasteiger partial charge in [-0.25, -0.2) is 8.42 Å². The van der Waals surface area contributed by atoms with Gasteiger partial charge in [0.05, 0.1) is 4.90 Å². The largest absolute Gasteiger partial charge is 0.385 e. The molecular formula is C13H17NO2S. The van der Waals surface area contributed by atoms with Crippen molar-refractivity contribution in [3.63, 3.8) is 0 Å². The predicted molar refractivity (Wildman–Crippen MR) is 70.7 cm³/mol. The first kappa shape index (κ1) is 13.6. The van der Waals surface area contributed by atoms with E-state index in [2.05, 4.69) is 11.2 Å². The summed E-state index contributed by atoms with van der Waals surface area (Å²) in [5, 5.41) is 3.22. The Balaban J connectivity index is 2.44. The fraction of sp³-hybridized carbons (Fsp3) is 0.385. The molecule has 3 nitrogen and oxygen atoms in total. The molecule has 0 aliphatic carbocycles. The summed E-state index contributed by atoms with van der Waals surface area (Å²) in [6.07, 6.45) is 9.17. The van der Waals surface area contributed by atoms with Crippen LogP contribution in [0.4, 0.5) is 5.69 Å². The maximum atomic E-state index is 11.2. The Morgan fingerprint density at radius 2 is 1.88 bits per heavy atom. The van der Waals surface area contributed by atoms with Crippen molar-refractivity contribution in [2.45, 2.75) is 24.2 Å². The van der Waals surface area contributed by atoms with E-state index in [1.807, 2.05) is 0 Å². The van der Waals surface area contributed by atoms with Crippen molar-refractivity contribution >= 4 is 15.5 Å². The normalized spacial score (nSPS) is 10.8. The topological polar surface area (TPSA) is 46.2 Å². The molecule has 0 saturated carbocycles. The number of rotatable bonds is 6. The van der Waals surface area contributed by atoms with Gasteiger partial charge in [0, 0.05) is 24.9 Å². The van der Waals surface area contributed by atoms with Crippen LogP contribution in [0.2, 0.25) is 0 Å². The van der Waals surface area contributed by atoms with Crippen molar-refractivity contribution in [2.24, 2.45) is 0 Å². The first-order chi connectivity index (χ1) is 8.04. The van der Waals surface area contributed by atoms with E-state index in [9.17, 15) is 8.42 Å². The SMILES string of the molecule is C#CCCCCNc1ccc(S(C)(=O)=O)cc1. The summed E-state index contributed by atoms with van der Waals surface area (Å²) < 4.78 is 22.5. The number of anilines is 1. The summed E-state index contributed by atoms with van der Waals surface area (Å²) in [7, 11) is -3.10. The molecule has 4 heteroatoms. The molecule has 1 N–H and O–H groups in total. The minimum absolute atomic E-state index is 0.343. The minimum atomic E-state index is -3.10. The second-order valence-corrected chi connectivity index (χ2v) is 5.90. The van der Waals surface area contributed by atoms with Gasteiger partial charge in [-0.05, 0) is 37.1 Å². The van der Waals surface area contributed by atoms with E-state index in [0.717, 1.165) is 31.5 Å². The number of hydrogen-bond donors (Lipinski definition) is 1. The van der Waals surface area contributed by atoms with Gasteiger partial charge in [-0.1, -0.05) is 0 Å². The van der Waals surface area contributed by atoms with Crippen LogP contribution in [0.1, 0.15) is 19.3 Å². The van der Waals surface area contributed by atoms with Crippen molar-refractivity contribution < 1.29 is 8.42 Å². The Morgan fingerprint density at radius 1 is 1.24 bits per heavy atom. The highest BCUT2D eigenvalue weighted by molar-refractivity contribution is 7.90. The van der Waals surface area contributed by atoms with Crippen molar-refractivity contribution in [3.05, 3.63) is 24.3 Å². The quantitative estimate of drug-likeness (QED) is 0.623. The summed E-state index contributed by atoms with van der Waals surface area (Å²) >= 11 is 0. The van der Waals surface area contributed by atoms with Crippen LogP contribution >= 0.6 is 0 Å². The third-order valence-corrected chi connectivity index (χ3v) is 3.49. The van der Waals surface area contributed by atoms with E-state index in [4.69, 9.17) is 6.42 Å². The molecular weight excluding hydrogens is 234 g/mol. The van der Waals surface area contributed by atoms with Crippen LogP contribution in [0.5, 0.6) is 0 Å². The molecule has 17 heavy (non-hydrogen) atoms. The molecule has 92 valence electrons. The molecule has 0 fully saturated rings. The van der Waals surface area contributed by atoms with Gasteiger partial charge >= 0.3 is 0 Å². The molecule has 0 atom stereocenters. The Kier molecular flexibility index (Phi) is 5.05. The average molecular weight is 251 g/mol. The smallest absolute Gasteiger partial charge is 0.175 e. The highest BCUT2D eigenvalue weighted by Crippen LogP contribution is 2.13. The molecule has 1 aromatic carbocycles. The van der Waals surface area contributed by atoms with Gasteiger partial charge in [-0.15, -0.1) is 12.3 Å². The van der Waals surface area contributed by atoms with Crippen LogP contribution in [0.3, 0.4) is 0 Å². The maximum absolute atomic E-state index is 11.2. The van der Waals surface area contributed by atoms with Crippen LogP contribution in [0.25, 0.3) is 0 Å². The second kappa shape index (κ2) is 6.31. The minimum Gasteiger partial charge on any atom is -0.385 e. The third-order valence-electron chi connectivity index (χ3n) is 2.36.